The fraction of sp³-hybridized carbons (Fsp3) is 0.481. The van der Waals surface area contributed by atoms with Crippen LogP contribution in [0.4, 0.5) is 5.69 Å². The van der Waals surface area contributed by atoms with Crippen LogP contribution in [0.2, 0.25) is 0 Å². The third-order valence-corrected chi connectivity index (χ3v) is 5.73. The van der Waals surface area contributed by atoms with Crippen molar-refractivity contribution < 1.29 is 0 Å². The second-order valence-corrected chi connectivity index (χ2v) is 9.25. The summed E-state index contributed by atoms with van der Waals surface area (Å²) in [6, 6.07) is 8.40. The third-order valence-electron chi connectivity index (χ3n) is 5.73. The molecule has 0 aliphatic carbocycles. The van der Waals surface area contributed by atoms with Crippen LogP contribution < -0.4 is 27.4 Å². The van der Waals surface area contributed by atoms with E-state index in [2.05, 4.69) is 94.2 Å². The van der Waals surface area contributed by atoms with Crippen LogP contribution in [0.15, 0.2) is 73.4 Å². The first-order valence-electron chi connectivity index (χ1n) is 11.6. The lowest BCUT2D eigenvalue weighted by Gasteiger charge is -2.28. The molecule has 0 aromatic heterocycles. The summed E-state index contributed by atoms with van der Waals surface area (Å²) < 4.78 is 0. The summed E-state index contributed by atoms with van der Waals surface area (Å²) in [5, 5.41) is 10.0. The minimum atomic E-state index is -0.118. The number of allylic oxidation sites excluding steroid dienone is 1. The van der Waals surface area contributed by atoms with Crippen molar-refractivity contribution in [2.45, 2.75) is 65.5 Å². The van der Waals surface area contributed by atoms with Crippen LogP contribution in [-0.2, 0) is 6.42 Å². The molecule has 0 radical (unpaired) electrons. The number of nitrogens with two attached hydrogens (primary N) is 2. The van der Waals surface area contributed by atoms with E-state index in [4.69, 9.17) is 11.5 Å². The molecule has 0 bridgehead atoms. The number of anilines is 1. The topological polar surface area (TPSA) is 88.1 Å². The van der Waals surface area contributed by atoms with E-state index in [-0.39, 0.29) is 12.1 Å². The SMILES string of the molecule is C=C(N)NCCCC(NC(=C)C(N)C(C)C)C(=C)Nc1ccc(CCC(=C)C(C)C)cc1. The van der Waals surface area contributed by atoms with E-state index in [9.17, 15) is 0 Å². The average molecular weight is 440 g/mol. The van der Waals surface area contributed by atoms with Crippen molar-refractivity contribution >= 4 is 5.69 Å². The number of rotatable bonds is 16. The van der Waals surface area contributed by atoms with Crippen LogP contribution in [0.1, 0.15) is 52.5 Å². The zero-order chi connectivity index (χ0) is 24.3. The fourth-order valence-electron chi connectivity index (χ4n) is 3.23. The molecule has 2 atom stereocenters. The van der Waals surface area contributed by atoms with E-state index in [0.717, 1.165) is 49.3 Å². The average Bonchev–Trinajstić information content (AvgIpc) is 2.73. The Balaban J connectivity index is 2.75. The number of hydrogen-bond donors (Lipinski definition) is 5. The number of hydrogen-bond acceptors (Lipinski definition) is 5. The maximum absolute atomic E-state index is 6.28. The summed E-state index contributed by atoms with van der Waals surface area (Å²) in [6.45, 7) is 25.6. The van der Waals surface area contributed by atoms with Crippen molar-refractivity contribution in [2.75, 3.05) is 11.9 Å². The summed E-state index contributed by atoms with van der Waals surface area (Å²) in [6.07, 6.45) is 3.78. The van der Waals surface area contributed by atoms with Crippen molar-refractivity contribution in [3.8, 4) is 0 Å². The normalized spacial score (nSPS) is 12.8. The van der Waals surface area contributed by atoms with E-state index in [1.54, 1.807) is 0 Å². The Morgan fingerprint density at radius 3 is 2.12 bits per heavy atom. The second kappa shape index (κ2) is 13.7. The van der Waals surface area contributed by atoms with Gasteiger partial charge in [-0.2, -0.15) is 0 Å². The van der Waals surface area contributed by atoms with Gasteiger partial charge in [0.05, 0.1) is 11.9 Å². The quantitative estimate of drug-likeness (QED) is 0.185. The molecule has 2 unspecified atom stereocenters. The Morgan fingerprint density at radius 1 is 0.969 bits per heavy atom. The first-order valence-corrected chi connectivity index (χ1v) is 11.6. The molecular formula is C27H45N5. The summed E-state index contributed by atoms with van der Waals surface area (Å²) in [7, 11) is 0. The number of benzene rings is 1. The van der Waals surface area contributed by atoms with Gasteiger partial charge in [-0.05, 0) is 55.2 Å². The molecule has 0 amide bonds. The molecule has 1 aromatic rings. The van der Waals surface area contributed by atoms with Gasteiger partial charge in [0.2, 0.25) is 0 Å². The van der Waals surface area contributed by atoms with Crippen LogP contribution in [0, 0.1) is 11.8 Å². The van der Waals surface area contributed by atoms with Gasteiger partial charge in [-0.15, -0.1) is 0 Å². The maximum Gasteiger partial charge on any atom is 0.0885 e. The molecule has 178 valence electrons. The van der Waals surface area contributed by atoms with Crippen molar-refractivity contribution in [1.29, 1.82) is 0 Å². The monoisotopic (exact) mass is 439 g/mol. The lowest BCUT2D eigenvalue weighted by atomic mass is 9.97. The Kier molecular flexibility index (Phi) is 11.7. The molecule has 0 aliphatic rings. The largest absolute Gasteiger partial charge is 0.386 e. The van der Waals surface area contributed by atoms with E-state index < -0.39 is 0 Å². The molecule has 0 fully saturated rings. The van der Waals surface area contributed by atoms with Gasteiger partial charge >= 0.3 is 0 Å². The Bertz CT molecular complexity index is 761. The van der Waals surface area contributed by atoms with Crippen LogP contribution in [0.25, 0.3) is 0 Å². The zero-order valence-corrected chi connectivity index (χ0v) is 20.6. The predicted octanol–water partition coefficient (Wildman–Crippen LogP) is 5.01. The third kappa shape index (κ3) is 10.1. The van der Waals surface area contributed by atoms with Crippen LogP contribution in [-0.4, -0.2) is 18.6 Å². The highest BCUT2D eigenvalue weighted by Crippen LogP contribution is 2.19. The van der Waals surface area contributed by atoms with Gasteiger partial charge in [-0.3, -0.25) is 0 Å². The molecule has 32 heavy (non-hydrogen) atoms. The summed E-state index contributed by atoms with van der Waals surface area (Å²) in [5.41, 5.74) is 17.2. The van der Waals surface area contributed by atoms with Crippen LogP contribution in [0.3, 0.4) is 0 Å². The number of nitrogens with one attached hydrogen (secondary N) is 3. The molecule has 1 rings (SSSR count). The van der Waals surface area contributed by atoms with Crippen LogP contribution in [0.5, 0.6) is 0 Å². The summed E-state index contributed by atoms with van der Waals surface area (Å²) >= 11 is 0. The van der Waals surface area contributed by atoms with Gasteiger partial charge in [0.15, 0.2) is 0 Å². The van der Waals surface area contributed by atoms with E-state index in [1.807, 2.05) is 0 Å². The smallest absolute Gasteiger partial charge is 0.0885 e. The van der Waals surface area contributed by atoms with Crippen molar-refractivity contribution in [3.05, 3.63) is 78.9 Å². The highest BCUT2D eigenvalue weighted by atomic mass is 15.0. The lowest BCUT2D eigenvalue weighted by Crippen LogP contribution is -2.41. The van der Waals surface area contributed by atoms with Gasteiger partial charge in [0, 0.05) is 29.7 Å². The maximum atomic E-state index is 6.28. The van der Waals surface area contributed by atoms with Gasteiger partial charge < -0.3 is 27.4 Å². The highest BCUT2D eigenvalue weighted by molar-refractivity contribution is 5.50. The van der Waals surface area contributed by atoms with Gasteiger partial charge in [-0.1, -0.05) is 71.7 Å². The summed E-state index contributed by atoms with van der Waals surface area (Å²) in [5.74, 6) is 1.31. The summed E-state index contributed by atoms with van der Waals surface area (Å²) in [4.78, 5) is 0. The second-order valence-electron chi connectivity index (χ2n) is 9.25. The lowest BCUT2D eigenvalue weighted by molar-refractivity contribution is 0.481. The highest BCUT2D eigenvalue weighted by Gasteiger charge is 2.18. The molecule has 7 N–H and O–H groups in total. The first-order chi connectivity index (χ1) is 15.0. The Labute approximate surface area is 196 Å². The Hall–Kier alpha value is -2.66. The van der Waals surface area contributed by atoms with E-state index >= 15 is 0 Å². The van der Waals surface area contributed by atoms with Crippen LogP contribution >= 0.6 is 0 Å². The molecule has 0 spiro atoms. The van der Waals surface area contributed by atoms with Crippen molar-refractivity contribution in [1.82, 2.24) is 10.6 Å². The van der Waals surface area contributed by atoms with Crippen molar-refractivity contribution in [2.24, 2.45) is 23.3 Å². The van der Waals surface area contributed by atoms with Gasteiger partial charge in [-0.25, -0.2) is 0 Å². The minimum absolute atomic E-state index is 0.00539. The standard InChI is InChI=1S/C27H45N5/c1-18(2)20(5)11-12-24-13-15-25(16-14-24)31-21(6)26(10-9-17-30-23(8)28)32-22(7)27(29)19(3)4/h13-16,18-19,26-27,30-32H,5-12,17,28-29H2,1-4H3. The number of aryl methyl sites for hydroxylation is 1. The molecule has 0 saturated heterocycles. The van der Waals surface area contributed by atoms with Gasteiger partial charge in [0.1, 0.15) is 0 Å². The molecule has 0 saturated carbocycles. The molecule has 1 aromatic carbocycles. The molecule has 5 heteroatoms. The first kappa shape index (κ1) is 27.4. The molecule has 5 nitrogen and oxygen atoms in total. The predicted molar refractivity (Wildman–Crippen MR) is 141 cm³/mol. The Morgan fingerprint density at radius 2 is 1.59 bits per heavy atom. The van der Waals surface area contributed by atoms with Crippen molar-refractivity contribution in [3.63, 3.8) is 0 Å². The van der Waals surface area contributed by atoms with Gasteiger partial charge in [0.25, 0.3) is 0 Å². The molecule has 0 aliphatic heterocycles. The van der Waals surface area contributed by atoms with E-state index in [1.165, 1.54) is 11.1 Å². The van der Waals surface area contributed by atoms with E-state index in [0.29, 0.717) is 17.7 Å². The minimum Gasteiger partial charge on any atom is -0.386 e. The molecular weight excluding hydrogens is 394 g/mol. The zero-order valence-electron chi connectivity index (χ0n) is 20.6. The molecule has 0 heterocycles. The fourth-order valence-corrected chi connectivity index (χ4v) is 3.23.